The normalized spacial score (nSPS) is 19.4. The lowest BCUT2D eigenvalue weighted by Gasteiger charge is -2.17. The molecule has 110 valence electrons. The number of halogens is 2. The van der Waals surface area contributed by atoms with Gasteiger partial charge in [0.15, 0.2) is 0 Å². The highest BCUT2D eigenvalue weighted by molar-refractivity contribution is 8.13. The van der Waals surface area contributed by atoms with Crippen molar-refractivity contribution in [2.45, 2.75) is 6.42 Å². The van der Waals surface area contributed by atoms with E-state index in [4.69, 9.17) is 27.0 Å². The lowest BCUT2D eigenvalue weighted by atomic mass is 10.1. The number of hydrogen-bond acceptors (Lipinski definition) is 4. The van der Waals surface area contributed by atoms with Gasteiger partial charge in [-0.25, -0.2) is 8.42 Å². The number of rotatable bonds is 4. The molecule has 8 heteroatoms. The van der Waals surface area contributed by atoms with Crippen LogP contribution >= 0.6 is 22.3 Å². The number of anilines is 1. The first kappa shape index (κ1) is 15.4. The van der Waals surface area contributed by atoms with Crippen LogP contribution < -0.4 is 9.64 Å². The third kappa shape index (κ3) is 3.56. The fraction of sp³-hybridized carbons (Fsp3) is 0.417. The van der Waals surface area contributed by atoms with Crippen LogP contribution in [0.5, 0.6) is 5.75 Å². The molecule has 1 unspecified atom stereocenters. The van der Waals surface area contributed by atoms with Crippen LogP contribution in [0.15, 0.2) is 18.2 Å². The Labute approximate surface area is 126 Å². The Bertz CT molecular complexity index is 632. The second-order valence-corrected chi connectivity index (χ2v) is 7.83. The molecule has 0 N–H and O–H groups in total. The Morgan fingerprint density at radius 2 is 2.15 bits per heavy atom. The van der Waals surface area contributed by atoms with Gasteiger partial charge < -0.3 is 9.64 Å². The van der Waals surface area contributed by atoms with Gasteiger partial charge in [-0.2, -0.15) is 0 Å². The Kier molecular flexibility index (Phi) is 4.46. The van der Waals surface area contributed by atoms with Crippen LogP contribution in [0.1, 0.15) is 6.42 Å². The molecular weight excluding hydrogens is 325 g/mol. The first-order chi connectivity index (χ1) is 9.30. The molecule has 0 saturated carbocycles. The minimum absolute atomic E-state index is 0.142. The largest absolute Gasteiger partial charge is 0.495 e. The molecule has 2 rings (SSSR count). The number of amides is 1. The third-order valence-corrected chi connectivity index (χ3v) is 4.63. The van der Waals surface area contributed by atoms with E-state index in [0.29, 0.717) is 23.0 Å². The first-order valence-electron chi connectivity index (χ1n) is 5.86. The van der Waals surface area contributed by atoms with Crippen molar-refractivity contribution in [1.29, 1.82) is 0 Å². The second-order valence-electron chi connectivity index (χ2n) is 4.60. The number of ether oxygens (including phenoxy) is 1. The lowest BCUT2D eigenvalue weighted by Crippen LogP contribution is -2.25. The summed E-state index contributed by atoms with van der Waals surface area (Å²) in [7, 11) is 3.12. The maximum Gasteiger partial charge on any atom is 0.232 e. The van der Waals surface area contributed by atoms with Gasteiger partial charge in [-0.05, 0) is 18.2 Å². The lowest BCUT2D eigenvalue weighted by molar-refractivity contribution is -0.117. The number of hydrogen-bond donors (Lipinski definition) is 0. The molecule has 0 radical (unpaired) electrons. The zero-order valence-electron chi connectivity index (χ0n) is 10.7. The Hall–Kier alpha value is -0.980. The van der Waals surface area contributed by atoms with Gasteiger partial charge in [-0.1, -0.05) is 11.6 Å². The molecular formula is C12H13Cl2NO4S. The summed E-state index contributed by atoms with van der Waals surface area (Å²) >= 11 is 6.02. The minimum atomic E-state index is -3.61. The van der Waals surface area contributed by atoms with Gasteiger partial charge in [0.05, 0.1) is 17.9 Å². The molecule has 0 spiro atoms. The van der Waals surface area contributed by atoms with Crippen molar-refractivity contribution in [3.05, 3.63) is 23.2 Å². The van der Waals surface area contributed by atoms with Gasteiger partial charge in [-0.15, -0.1) is 0 Å². The molecule has 1 fully saturated rings. The van der Waals surface area contributed by atoms with E-state index in [-0.39, 0.29) is 24.0 Å². The molecule has 1 aliphatic heterocycles. The summed E-state index contributed by atoms with van der Waals surface area (Å²) in [5.41, 5.74) is 0.621. The van der Waals surface area contributed by atoms with Gasteiger partial charge in [0, 0.05) is 35.3 Å². The molecule has 1 aromatic carbocycles. The summed E-state index contributed by atoms with van der Waals surface area (Å²) in [4.78, 5) is 13.5. The van der Waals surface area contributed by atoms with Crippen molar-refractivity contribution in [3.8, 4) is 5.75 Å². The molecule has 0 aliphatic carbocycles. The number of nitrogens with zero attached hydrogens (tertiary/aromatic N) is 1. The zero-order chi connectivity index (χ0) is 14.9. The first-order valence-corrected chi connectivity index (χ1v) is 8.72. The van der Waals surface area contributed by atoms with Crippen LogP contribution in [0.25, 0.3) is 0 Å². The van der Waals surface area contributed by atoms with E-state index in [1.165, 1.54) is 12.0 Å². The van der Waals surface area contributed by atoms with Crippen LogP contribution in [0.3, 0.4) is 0 Å². The molecule has 0 aromatic heterocycles. The molecule has 1 amide bonds. The van der Waals surface area contributed by atoms with Crippen LogP contribution in [-0.4, -0.2) is 33.7 Å². The van der Waals surface area contributed by atoms with Crippen molar-refractivity contribution in [1.82, 2.24) is 0 Å². The molecule has 20 heavy (non-hydrogen) atoms. The van der Waals surface area contributed by atoms with E-state index in [0.717, 1.165) is 0 Å². The van der Waals surface area contributed by atoms with E-state index < -0.39 is 9.05 Å². The van der Waals surface area contributed by atoms with Crippen LogP contribution in [0.2, 0.25) is 5.02 Å². The molecule has 1 saturated heterocycles. The number of methoxy groups -OCH3 is 1. The maximum atomic E-state index is 12.0. The molecule has 1 aliphatic rings. The van der Waals surface area contributed by atoms with E-state index >= 15 is 0 Å². The van der Waals surface area contributed by atoms with Crippen LogP contribution in [0, 0.1) is 5.92 Å². The van der Waals surface area contributed by atoms with Crippen LogP contribution in [-0.2, 0) is 13.8 Å². The van der Waals surface area contributed by atoms with Gasteiger partial charge >= 0.3 is 0 Å². The van der Waals surface area contributed by atoms with E-state index in [9.17, 15) is 13.2 Å². The third-order valence-electron chi connectivity index (χ3n) is 3.09. The average Bonchev–Trinajstić information content (AvgIpc) is 2.67. The maximum absolute atomic E-state index is 12.0. The fourth-order valence-corrected chi connectivity index (χ4v) is 3.82. The monoisotopic (exact) mass is 337 g/mol. The van der Waals surface area contributed by atoms with Crippen molar-refractivity contribution < 1.29 is 17.9 Å². The summed E-state index contributed by atoms with van der Waals surface area (Å²) in [6.07, 6.45) is 0.162. The van der Waals surface area contributed by atoms with Gasteiger partial charge in [0.25, 0.3) is 0 Å². The SMILES string of the molecule is COc1ccc(N2CC(CS(=O)(=O)Cl)CC2=O)cc1Cl. The van der Waals surface area contributed by atoms with E-state index in [1.54, 1.807) is 18.2 Å². The second kappa shape index (κ2) is 5.79. The predicted octanol–water partition coefficient (Wildman–Crippen LogP) is 2.27. The Morgan fingerprint density at radius 1 is 1.45 bits per heavy atom. The number of carbonyl (C=O) groups is 1. The zero-order valence-corrected chi connectivity index (χ0v) is 13.0. The van der Waals surface area contributed by atoms with E-state index in [1.807, 2.05) is 0 Å². The predicted molar refractivity (Wildman–Crippen MR) is 78.1 cm³/mol. The summed E-state index contributed by atoms with van der Waals surface area (Å²) in [5, 5.41) is 0.395. The van der Waals surface area contributed by atoms with Gasteiger partial charge in [0.2, 0.25) is 15.0 Å². The highest BCUT2D eigenvalue weighted by atomic mass is 35.7. The fourth-order valence-electron chi connectivity index (χ4n) is 2.25. The molecule has 5 nitrogen and oxygen atoms in total. The Balaban J connectivity index is 2.18. The van der Waals surface area contributed by atoms with Gasteiger partial charge in [-0.3, -0.25) is 4.79 Å². The Morgan fingerprint density at radius 3 is 2.70 bits per heavy atom. The average molecular weight is 338 g/mol. The summed E-state index contributed by atoms with van der Waals surface area (Å²) in [6, 6.07) is 4.99. The minimum Gasteiger partial charge on any atom is -0.495 e. The van der Waals surface area contributed by atoms with Crippen LogP contribution in [0.4, 0.5) is 5.69 Å². The summed E-state index contributed by atoms with van der Waals surface area (Å²) < 4.78 is 27.2. The highest BCUT2D eigenvalue weighted by Gasteiger charge is 2.33. The standard InChI is InChI=1S/C12H13Cl2NO4S/c1-19-11-3-2-9(5-10(11)13)15-6-8(4-12(15)16)7-20(14,17)18/h2-3,5,8H,4,6-7H2,1H3. The van der Waals surface area contributed by atoms with Gasteiger partial charge in [0.1, 0.15) is 5.75 Å². The molecule has 1 aromatic rings. The number of carbonyl (C=O) groups excluding carboxylic acids is 1. The quantitative estimate of drug-likeness (QED) is 0.790. The number of benzene rings is 1. The van der Waals surface area contributed by atoms with Crippen molar-refractivity contribution in [2.24, 2.45) is 5.92 Å². The molecule has 1 atom stereocenters. The highest BCUT2D eigenvalue weighted by Crippen LogP contribution is 2.32. The van der Waals surface area contributed by atoms with E-state index in [2.05, 4.69) is 0 Å². The van der Waals surface area contributed by atoms with Crippen molar-refractivity contribution >= 4 is 42.9 Å². The summed E-state index contributed by atoms with van der Waals surface area (Å²) in [5.74, 6) is -0.134. The van der Waals surface area contributed by atoms with Crippen molar-refractivity contribution in [2.75, 3.05) is 24.3 Å². The molecule has 0 bridgehead atoms. The van der Waals surface area contributed by atoms with Crippen molar-refractivity contribution in [3.63, 3.8) is 0 Å². The smallest absolute Gasteiger partial charge is 0.232 e. The molecule has 1 heterocycles. The summed E-state index contributed by atoms with van der Waals surface area (Å²) in [6.45, 7) is 0.313. The topological polar surface area (TPSA) is 63.7 Å².